The molecule has 1 rings (SSSR count). The normalized spacial score (nSPS) is 8.87. The van der Waals surface area contributed by atoms with E-state index in [0.29, 0.717) is 18.7 Å². The van der Waals surface area contributed by atoms with Gasteiger partial charge in [-0.2, -0.15) is 0 Å². The van der Waals surface area contributed by atoms with Gasteiger partial charge in [-0.3, -0.25) is 4.79 Å². The van der Waals surface area contributed by atoms with E-state index in [1.165, 1.54) is 0 Å². The van der Waals surface area contributed by atoms with Gasteiger partial charge in [0, 0.05) is 5.69 Å². The predicted molar refractivity (Wildman–Crippen MR) is 61.0 cm³/mol. The molecular weight excluding hydrogens is 188 g/mol. The highest BCUT2D eigenvalue weighted by Crippen LogP contribution is 2.06. The van der Waals surface area contributed by atoms with E-state index in [1.54, 1.807) is 19.1 Å². The zero-order chi connectivity index (χ0) is 11.1. The molecule has 1 amide bonds. The van der Waals surface area contributed by atoms with Crippen LogP contribution in [0.3, 0.4) is 0 Å². The van der Waals surface area contributed by atoms with Crippen LogP contribution in [-0.2, 0) is 11.2 Å². The Balaban J connectivity index is 2.46. The first-order chi connectivity index (χ1) is 7.22. The first-order valence-corrected chi connectivity index (χ1v) is 4.73. The van der Waals surface area contributed by atoms with Crippen LogP contribution >= 0.6 is 0 Å². The summed E-state index contributed by atoms with van der Waals surface area (Å²) in [7, 11) is 0. The molecule has 0 aliphatic carbocycles. The quantitative estimate of drug-likeness (QED) is 0.566. The Morgan fingerprint density at radius 3 is 3.00 bits per heavy atom. The Morgan fingerprint density at radius 1 is 1.53 bits per heavy atom. The fourth-order valence-corrected chi connectivity index (χ4v) is 1.18. The zero-order valence-electron chi connectivity index (χ0n) is 8.71. The summed E-state index contributed by atoms with van der Waals surface area (Å²) < 4.78 is 0. The minimum Gasteiger partial charge on any atom is -0.399 e. The summed E-state index contributed by atoms with van der Waals surface area (Å²) in [5.74, 6) is 5.44. The number of amides is 1. The number of carbonyl (C=O) groups is 1. The molecule has 0 heterocycles. The van der Waals surface area contributed by atoms with Gasteiger partial charge in [-0.25, -0.2) is 0 Å². The van der Waals surface area contributed by atoms with Gasteiger partial charge in [0.15, 0.2) is 0 Å². The fraction of sp³-hybridized carbons (Fsp3) is 0.250. The van der Waals surface area contributed by atoms with Crippen LogP contribution in [0.2, 0.25) is 0 Å². The van der Waals surface area contributed by atoms with Crippen LogP contribution in [0.25, 0.3) is 0 Å². The molecule has 1 aromatic rings. The van der Waals surface area contributed by atoms with E-state index in [0.717, 1.165) is 5.56 Å². The standard InChI is InChI=1S/C12H14N2O/c1-2-3-7-14-12(15)9-10-5-4-6-11(13)8-10/h4-6,8H,7,9,13H2,1H3,(H,14,15). The van der Waals surface area contributed by atoms with Gasteiger partial charge in [0.1, 0.15) is 0 Å². The molecule has 3 nitrogen and oxygen atoms in total. The van der Waals surface area contributed by atoms with Crippen molar-refractivity contribution in [2.24, 2.45) is 0 Å². The topological polar surface area (TPSA) is 55.1 Å². The van der Waals surface area contributed by atoms with Crippen molar-refractivity contribution in [2.75, 3.05) is 12.3 Å². The molecule has 0 aromatic heterocycles. The third kappa shape index (κ3) is 4.19. The first kappa shape index (κ1) is 11.1. The average Bonchev–Trinajstić information content (AvgIpc) is 2.18. The van der Waals surface area contributed by atoms with Crippen molar-refractivity contribution in [3.63, 3.8) is 0 Å². The third-order valence-corrected chi connectivity index (χ3v) is 1.87. The fourth-order valence-electron chi connectivity index (χ4n) is 1.18. The lowest BCUT2D eigenvalue weighted by Gasteiger charge is -2.02. The molecule has 3 heteroatoms. The highest BCUT2D eigenvalue weighted by atomic mass is 16.1. The summed E-state index contributed by atoms with van der Waals surface area (Å²) in [4.78, 5) is 11.4. The summed E-state index contributed by atoms with van der Waals surface area (Å²) in [6.45, 7) is 2.14. The van der Waals surface area contributed by atoms with Crippen molar-refractivity contribution in [1.82, 2.24) is 5.32 Å². The van der Waals surface area contributed by atoms with E-state index in [-0.39, 0.29) is 5.91 Å². The van der Waals surface area contributed by atoms with Crippen LogP contribution in [0.4, 0.5) is 5.69 Å². The second kappa shape index (κ2) is 5.71. The van der Waals surface area contributed by atoms with Gasteiger partial charge in [-0.05, 0) is 24.6 Å². The van der Waals surface area contributed by atoms with E-state index in [1.807, 2.05) is 12.1 Å². The van der Waals surface area contributed by atoms with Gasteiger partial charge in [0.05, 0.1) is 13.0 Å². The number of benzene rings is 1. The van der Waals surface area contributed by atoms with Crippen LogP contribution in [0, 0.1) is 11.8 Å². The highest BCUT2D eigenvalue weighted by molar-refractivity contribution is 5.79. The van der Waals surface area contributed by atoms with Crippen LogP contribution in [-0.4, -0.2) is 12.5 Å². The van der Waals surface area contributed by atoms with Gasteiger partial charge in [-0.15, -0.1) is 5.92 Å². The number of rotatable bonds is 3. The molecule has 3 N–H and O–H groups in total. The second-order valence-electron chi connectivity index (χ2n) is 3.13. The third-order valence-electron chi connectivity index (χ3n) is 1.87. The first-order valence-electron chi connectivity index (χ1n) is 4.73. The molecule has 0 unspecified atom stereocenters. The van der Waals surface area contributed by atoms with E-state index < -0.39 is 0 Å². The molecule has 0 saturated carbocycles. The number of nitrogen functional groups attached to an aromatic ring is 1. The van der Waals surface area contributed by atoms with Crippen molar-refractivity contribution in [3.05, 3.63) is 29.8 Å². The zero-order valence-corrected chi connectivity index (χ0v) is 8.71. The van der Waals surface area contributed by atoms with Crippen molar-refractivity contribution in [1.29, 1.82) is 0 Å². The number of anilines is 1. The van der Waals surface area contributed by atoms with Crippen molar-refractivity contribution < 1.29 is 4.79 Å². The molecule has 0 fully saturated rings. The Kier molecular flexibility index (Phi) is 4.24. The summed E-state index contributed by atoms with van der Waals surface area (Å²) in [5.41, 5.74) is 7.19. The highest BCUT2D eigenvalue weighted by Gasteiger charge is 2.01. The molecule has 1 aromatic carbocycles. The number of carbonyl (C=O) groups excluding carboxylic acids is 1. The van der Waals surface area contributed by atoms with Crippen molar-refractivity contribution in [2.45, 2.75) is 13.3 Å². The summed E-state index contributed by atoms with van der Waals surface area (Å²) in [5, 5.41) is 2.70. The van der Waals surface area contributed by atoms with E-state index in [2.05, 4.69) is 17.2 Å². The molecule has 78 valence electrons. The lowest BCUT2D eigenvalue weighted by atomic mass is 10.1. The van der Waals surface area contributed by atoms with Crippen LogP contribution in [0.15, 0.2) is 24.3 Å². The van der Waals surface area contributed by atoms with Crippen molar-refractivity contribution in [3.8, 4) is 11.8 Å². The van der Waals surface area contributed by atoms with Crippen LogP contribution < -0.4 is 11.1 Å². The molecule has 15 heavy (non-hydrogen) atoms. The number of nitrogens with two attached hydrogens (primary N) is 1. The summed E-state index contributed by atoms with van der Waals surface area (Å²) >= 11 is 0. The largest absolute Gasteiger partial charge is 0.399 e. The maximum Gasteiger partial charge on any atom is 0.225 e. The average molecular weight is 202 g/mol. The SMILES string of the molecule is CC#CCNC(=O)Cc1cccc(N)c1. The molecule has 0 saturated heterocycles. The van der Waals surface area contributed by atoms with Gasteiger partial charge in [0.25, 0.3) is 0 Å². The molecule has 0 bridgehead atoms. The maximum absolute atomic E-state index is 11.4. The Morgan fingerprint density at radius 2 is 2.33 bits per heavy atom. The maximum atomic E-state index is 11.4. The number of nitrogens with one attached hydrogen (secondary N) is 1. The van der Waals surface area contributed by atoms with Crippen molar-refractivity contribution >= 4 is 11.6 Å². The minimum absolute atomic E-state index is 0.0386. The van der Waals surface area contributed by atoms with Gasteiger partial charge >= 0.3 is 0 Å². The van der Waals surface area contributed by atoms with Gasteiger partial charge in [0.2, 0.25) is 5.91 Å². The predicted octanol–water partition coefficient (Wildman–Crippen LogP) is 0.951. The van der Waals surface area contributed by atoms with Crippen LogP contribution in [0.1, 0.15) is 12.5 Å². The monoisotopic (exact) mass is 202 g/mol. The Hall–Kier alpha value is -1.95. The summed E-state index contributed by atoms with van der Waals surface area (Å²) in [6, 6.07) is 7.31. The lowest BCUT2D eigenvalue weighted by molar-refractivity contribution is -0.120. The van der Waals surface area contributed by atoms with Crippen LogP contribution in [0.5, 0.6) is 0 Å². The minimum atomic E-state index is -0.0386. The molecular formula is C12H14N2O. The van der Waals surface area contributed by atoms with E-state index in [9.17, 15) is 4.79 Å². The number of hydrogen-bond donors (Lipinski definition) is 2. The molecule has 0 radical (unpaired) electrons. The lowest BCUT2D eigenvalue weighted by Crippen LogP contribution is -2.25. The molecule has 0 atom stereocenters. The van der Waals surface area contributed by atoms with Gasteiger partial charge < -0.3 is 11.1 Å². The Labute approximate surface area is 89.7 Å². The van der Waals surface area contributed by atoms with E-state index in [4.69, 9.17) is 5.73 Å². The second-order valence-corrected chi connectivity index (χ2v) is 3.13. The van der Waals surface area contributed by atoms with Gasteiger partial charge in [-0.1, -0.05) is 18.1 Å². The Bertz CT molecular complexity index is 402. The molecule has 0 aliphatic rings. The molecule has 0 aliphatic heterocycles. The van der Waals surface area contributed by atoms with E-state index >= 15 is 0 Å². The number of hydrogen-bond acceptors (Lipinski definition) is 2. The smallest absolute Gasteiger partial charge is 0.225 e. The summed E-state index contributed by atoms with van der Waals surface area (Å²) in [6.07, 6.45) is 0.344. The molecule has 0 spiro atoms.